The van der Waals surface area contributed by atoms with Gasteiger partial charge >= 0.3 is 0 Å². The zero-order valence-corrected chi connectivity index (χ0v) is 12.0. The number of nitrogens with one attached hydrogen (secondary N) is 1. The van der Waals surface area contributed by atoms with Crippen molar-refractivity contribution in [2.45, 2.75) is 46.2 Å². The Bertz CT molecular complexity index is 377. The van der Waals surface area contributed by atoms with E-state index in [4.69, 9.17) is 5.73 Å². The standard InChI is InChI=1S/C13H22N2OS/c1-9(10-6-7-17-8-10)15-11(16)12(2,3)13(4,5)14/h6-9H,14H2,1-5H3,(H,15,16). The van der Waals surface area contributed by atoms with Crippen LogP contribution in [0.1, 0.15) is 46.2 Å². The second kappa shape index (κ2) is 4.78. The Balaban J connectivity index is 2.73. The highest BCUT2D eigenvalue weighted by Crippen LogP contribution is 2.29. The quantitative estimate of drug-likeness (QED) is 0.868. The first-order chi connectivity index (χ1) is 7.66. The molecule has 0 bridgehead atoms. The Morgan fingerprint density at radius 2 is 2.00 bits per heavy atom. The van der Waals surface area contributed by atoms with Crippen LogP contribution in [0.5, 0.6) is 0 Å². The van der Waals surface area contributed by atoms with Gasteiger partial charge in [-0.25, -0.2) is 0 Å². The van der Waals surface area contributed by atoms with E-state index in [9.17, 15) is 4.79 Å². The minimum absolute atomic E-state index is 0.0105. The monoisotopic (exact) mass is 254 g/mol. The Morgan fingerprint density at radius 1 is 1.41 bits per heavy atom. The Hall–Kier alpha value is -0.870. The molecule has 1 heterocycles. The predicted octanol–water partition coefficient (Wildman–Crippen LogP) is 2.69. The van der Waals surface area contributed by atoms with Crippen molar-refractivity contribution in [3.8, 4) is 0 Å². The van der Waals surface area contributed by atoms with Gasteiger partial charge in [0, 0.05) is 5.54 Å². The Morgan fingerprint density at radius 3 is 2.41 bits per heavy atom. The fraction of sp³-hybridized carbons (Fsp3) is 0.615. The third-order valence-corrected chi connectivity index (χ3v) is 4.27. The molecule has 96 valence electrons. The second-order valence-electron chi connectivity index (χ2n) is 5.60. The number of hydrogen-bond acceptors (Lipinski definition) is 3. The molecule has 0 fully saturated rings. The Kier molecular flexibility index (Phi) is 3.99. The fourth-order valence-electron chi connectivity index (χ4n) is 1.27. The van der Waals surface area contributed by atoms with Gasteiger partial charge in [0.05, 0.1) is 11.5 Å². The van der Waals surface area contributed by atoms with Crippen LogP contribution in [0.4, 0.5) is 0 Å². The lowest BCUT2D eigenvalue weighted by Gasteiger charge is -2.37. The summed E-state index contributed by atoms with van der Waals surface area (Å²) in [5.41, 5.74) is 6.03. The van der Waals surface area contributed by atoms with Crippen molar-refractivity contribution in [3.05, 3.63) is 22.4 Å². The molecule has 0 aliphatic carbocycles. The molecule has 1 amide bonds. The van der Waals surface area contributed by atoms with Crippen molar-refractivity contribution in [1.29, 1.82) is 0 Å². The minimum atomic E-state index is -0.600. The van der Waals surface area contributed by atoms with Crippen LogP contribution in [0.15, 0.2) is 16.8 Å². The van der Waals surface area contributed by atoms with Crippen LogP contribution in [0.25, 0.3) is 0 Å². The zero-order chi connectivity index (χ0) is 13.3. The van der Waals surface area contributed by atoms with Crippen molar-refractivity contribution < 1.29 is 4.79 Å². The number of amides is 1. The zero-order valence-electron chi connectivity index (χ0n) is 11.2. The number of carbonyl (C=O) groups is 1. The minimum Gasteiger partial charge on any atom is -0.349 e. The van der Waals surface area contributed by atoms with Crippen LogP contribution in [0.3, 0.4) is 0 Å². The molecule has 1 aromatic heterocycles. The van der Waals surface area contributed by atoms with E-state index in [0.29, 0.717) is 0 Å². The first-order valence-corrected chi connectivity index (χ1v) is 6.72. The maximum atomic E-state index is 12.2. The van der Waals surface area contributed by atoms with Gasteiger partial charge in [-0.2, -0.15) is 11.3 Å². The van der Waals surface area contributed by atoms with Gasteiger partial charge in [0.15, 0.2) is 0 Å². The van der Waals surface area contributed by atoms with E-state index >= 15 is 0 Å². The first kappa shape index (κ1) is 14.2. The van der Waals surface area contributed by atoms with Gasteiger partial charge in [0.25, 0.3) is 0 Å². The Labute approximate surface area is 107 Å². The summed E-state index contributed by atoms with van der Waals surface area (Å²) in [4.78, 5) is 12.2. The molecular weight excluding hydrogens is 232 g/mol. The van der Waals surface area contributed by atoms with Gasteiger partial charge in [-0.1, -0.05) is 0 Å². The topological polar surface area (TPSA) is 55.1 Å². The smallest absolute Gasteiger partial charge is 0.227 e. The molecule has 0 aliphatic heterocycles. The summed E-state index contributed by atoms with van der Waals surface area (Å²) in [7, 11) is 0. The number of hydrogen-bond donors (Lipinski definition) is 2. The lowest BCUT2D eigenvalue weighted by molar-refractivity contribution is -0.132. The molecule has 3 nitrogen and oxygen atoms in total. The van der Waals surface area contributed by atoms with Gasteiger partial charge in [0.2, 0.25) is 5.91 Å². The van der Waals surface area contributed by atoms with Gasteiger partial charge in [-0.15, -0.1) is 0 Å². The van der Waals surface area contributed by atoms with Crippen LogP contribution in [-0.2, 0) is 4.79 Å². The van der Waals surface area contributed by atoms with Crippen LogP contribution in [-0.4, -0.2) is 11.4 Å². The van der Waals surface area contributed by atoms with Gasteiger partial charge in [-0.05, 0) is 57.0 Å². The molecule has 1 unspecified atom stereocenters. The van der Waals surface area contributed by atoms with Crippen molar-refractivity contribution in [2.75, 3.05) is 0 Å². The van der Waals surface area contributed by atoms with Gasteiger partial charge in [0.1, 0.15) is 0 Å². The molecule has 4 heteroatoms. The van der Waals surface area contributed by atoms with E-state index in [0.717, 1.165) is 5.56 Å². The summed E-state index contributed by atoms with van der Waals surface area (Å²) >= 11 is 1.63. The van der Waals surface area contributed by atoms with Gasteiger partial charge in [-0.3, -0.25) is 4.79 Å². The molecule has 1 atom stereocenters. The summed E-state index contributed by atoms with van der Waals surface area (Å²) in [5.74, 6) is -0.0105. The number of rotatable bonds is 4. The van der Waals surface area contributed by atoms with E-state index in [-0.39, 0.29) is 11.9 Å². The van der Waals surface area contributed by atoms with Gasteiger partial charge < -0.3 is 11.1 Å². The van der Waals surface area contributed by atoms with E-state index in [1.807, 2.05) is 51.4 Å². The van der Waals surface area contributed by atoms with Crippen molar-refractivity contribution in [2.24, 2.45) is 11.1 Å². The predicted molar refractivity (Wildman–Crippen MR) is 72.9 cm³/mol. The van der Waals surface area contributed by atoms with E-state index < -0.39 is 11.0 Å². The molecule has 3 N–H and O–H groups in total. The highest BCUT2D eigenvalue weighted by molar-refractivity contribution is 7.07. The number of thiophene rings is 1. The molecule has 1 aromatic rings. The number of carbonyl (C=O) groups excluding carboxylic acids is 1. The summed E-state index contributed by atoms with van der Waals surface area (Å²) in [6.07, 6.45) is 0. The molecule has 0 spiro atoms. The van der Waals surface area contributed by atoms with Crippen LogP contribution in [0.2, 0.25) is 0 Å². The number of nitrogens with two attached hydrogens (primary N) is 1. The summed E-state index contributed by atoms with van der Waals surface area (Å²) in [5, 5.41) is 7.07. The van der Waals surface area contributed by atoms with Crippen LogP contribution < -0.4 is 11.1 Å². The van der Waals surface area contributed by atoms with Crippen LogP contribution >= 0.6 is 11.3 Å². The average Bonchev–Trinajstić information content (AvgIpc) is 2.68. The van der Waals surface area contributed by atoms with Crippen molar-refractivity contribution >= 4 is 17.2 Å². The third kappa shape index (κ3) is 3.07. The summed E-state index contributed by atoms with van der Waals surface area (Å²) < 4.78 is 0. The lowest BCUT2D eigenvalue weighted by atomic mass is 9.74. The van der Waals surface area contributed by atoms with E-state index in [1.54, 1.807) is 11.3 Å². The molecule has 0 radical (unpaired) electrons. The van der Waals surface area contributed by atoms with Crippen LogP contribution in [0, 0.1) is 5.41 Å². The average molecular weight is 254 g/mol. The van der Waals surface area contributed by atoms with E-state index in [1.165, 1.54) is 0 Å². The van der Waals surface area contributed by atoms with Crippen molar-refractivity contribution in [1.82, 2.24) is 5.32 Å². The fourth-order valence-corrected chi connectivity index (χ4v) is 2.03. The van der Waals surface area contributed by atoms with E-state index in [2.05, 4.69) is 5.32 Å². The highest BCUT2D eigenvalue weighted by atomic mass is 32.1. The third-order valence-electron chi connectivity index (χ3n) is 3.57. The molecule has 17 heavy (non-hydrogen) atoms. The highest BCUT2D eigenvalue weighted by Gasteiger charge is 2.40. The van der Waals surface area contributed by atoms with Crippen molar-refractivity contribution in [3.63, 3.8) is 0 Å². The molecule has 1 rings (SSSR count). The SMILES string of the molecule is CC(NC(=O)C(C)(C)C(C)(C)N)c1ccsc1. The summed E-state index contributed by atoms with van der Waals surface area (Å²) in [6, 6.07) is 2.05. The maximum absolute atomic E-state index is 12.2. The largest absolute Gasteiger partial charge is 0.349 e. The normalized spacial score (nSPS) is 14.5. The molecular formula is C13H22N2OS. The molecule has 0 saturated heterocycles. The summed E-state index contributed by atoms with van der Waals surface area (Å²) in [6.45, 7) is 9.49. The first-order valence-electron chi connectivity index (χ1n) is 5.78. The maximum Gasteiger partial charge on any atom is 0.227 e. The molecule has 0 aliphatic rings. The second-order valence-corrected chi connectivity index (χ2v) is 6.38. The lowest BCUT2D eigenvalue weighted by Crippen LogP contribution is -2.55. The molecule has 0 aromatic carbocycles. The molecule has 0 saturated carbocycles.